The van der Waals surface area contributed by atoms with Crippen LogP contribution in [-0.4, -0.2) is 0 Å². The van der Waals surface area contributed by atoms with Crippen molar-refractivity contribution in [2.75, 3.05) is 0 Å². The van der Waals surface area contributed by atoms with Gasteiger partial charge in [0, 0.05) is 5.92 Å². The average molecular weight is 284 g/mol. The third-order valence-electron chi connectivity index (χ3n) is 4.75. The normalized spacial score (nSPS) is 15.7. The fraction of sp³-hybridized carbons (Fsp3) is 0.182. The van der Waals surface area contributed by atoms with Crippen LogP contribution in [-0.2, 0) is 0 Å². The average Bonchev–Trinajstić information content (AvgIpc) is 2.90. The molecule has 108 valence electrons. The minimum Gasteiger partial charge on any atom is -0.0622 e. The lowest BCUT2D eigenvalue weighted by molar-refractivity contribution is 0.836. The van der Waals surface area contributed by atoms with Gasteiger partial charge >= 0.3 is 0 Å². The number of hydrogen-bond acceptors (Lipinski definition) is 0. The van der Waals surface area contributed by atoms with Crippen LogP contribution in [0.15, 0.2) is 72.8 Å². The quantitative estimate of drug-likeness (QED) is 0.425. The zero-order chi connectivity index (χ0) is 15.1. The standard InChI is InChI=1S/C22H20/c1-15(2)17-13-8-14-20-18-11-6-7-12-19(18)21(22(17)20)16-9-4-3-5-10-16/h3-15,21H,1-2H3. The van der Waals surface area contributed by atoms with Gasteiger partial charge in [0.2, 0.25) is 0 Å². The van der Waals surface area contributed by atoms with Gasteiger partial charge < -0.3 is 0 Å². The Morgan fingerprint density at radius 3 is 2.14 bits per heavy atom. The van der Waals surface area contributed by atoms with Gasteiger partial charge in [0.1, 0.15) is 0 Å². The largest absolute Gasteiger partial charge is 0.0622 e. The molecule has 0 aromatic heterocycles. The summed E-state index contributed by atoms with van der Waals surface area (Å²) in [5.41, 5.74) is 8.62. The van der Waals surface area contributed by atoms with Crippen molar-refractivity contribution in [3.8, 4) is 11.1 Å². The van der Waals surface area contributed by atoms with Crippen molar-refractivity contribution in [2.45, 2.75) is 25.7 Å². The van der Waals surface area contributed by atoms with E-state index in [1.165, 1.54) is 33.4 Å². The van der Waals surface area contributed by atoms with Gasteiger partial charge in [-0.1, -0.05) is 86.6 Å². The summed E-state index contributed by atoms with van der Waals surface area (Å²) in [5, 5.41) is 0. The molecule has 0 aliphatic heterocycles. The molecule has 0 bridgehead atoms. The minimum absolute atomic E-state index is 0.367. The highest BCUT2D eigenvalue weighted by Gasteiger charge is 2.31. The summed E-state index contributed by atoms with van der Waals surface area (Å²) < 4.78 is 0. The summed E-state index contributed by atoms with van der Waals surface area (Å²) in [5.74, 6) is 0.904. The summed E-state index contributed by atoms with van der Waals surface area (Å²) in [6.07, 6.45) is 0. The van der Waals surface area contributed by atoms with Crippen molar-refractivity contribution in [1.82, 2.24) is 0 Å². The molecule has 3 aromatic carbocycles. The maximum absolute atomic E-state index is 2.30. The number of benzene rings is 3. The van der Waals surface area contributed by atoms with Crippen LogP contribution in [0.4, 0.5) is 0 Å². The van der Waals surface area contributed by atoms with Gasteiger partial charge in [-0.2, -0.15) is 0 Å². The van der Waals surface area contributed by atoms with E-state index in [-0.39, 0.29) is 0 Å². The van der Waals surface area contributed by atoms with E-state index in [1.807, 2.05) is 0 Å². The number of rotatable bonds is 2. The molecule has 0 heteroatoms. The molecule has 0 spiro atoms. The maximum atomic E-state index is 2.30. The van der Waals surface area contributed by atoms with E-state index in [0.29, 0.717) is 11.8 Å². The van der Waals surface area contributed by atoms with E-state index in [0.717, 1.165) is 0 Å². The molecule has 1 aliphatic carbocycles. The van der Waals surface area contributed by atoms with Gasteiger partial charge in [-0.05, 0) is 39.3 Å². The molecule has 0 radical (unpaired) electrons. The summed E-state index contributed by atoms with van der Waals surface area (Å²) in [6, 6.07) is 26.6. The Labute approximate surface area is 132 Å². The van der Waals surface area contributed by atoms with Crippen LogP contribution in [0.5, 0.6) is 0 Å². The predicted octanol–water partition coefficient (Wildman–Crippen LogP) is 5.97. The van der Waals surface area contributed by atoms with Gasteiger partial charge in [-0.25, -0.2) is 0 Å². The molecular formula is C22H20. The molecule has 1 unspecified atom stereocenters. The summed E-state index contributed by atoms with van der Waals surface area (Å²) in [4.78, 5) is 0. The first kappa shape index (κ1) is 13.3. The van der Waals surface area contributed by atoms with Crippen molar-refractivity contribution in [2.24, 2.45) is 0 Å². The molecule has 0 amide bonds. The summed E-state index contributed by atoms with van der Waals surface area (Å²) in [6.45, 7) is 4.58. The Kier molecular flexibility index (Phi) is 3.11. The lowest BCUT2D eigenvalue weighted by atomic mass is 9.84. The zero-order valence-electron chi connectivity index (χ0n) is 13.1. The van der Waals surface area contributed by atoms with Crippen molar-refractivity contribution >= 4 is 0 Å². The molecule has 0 heterocycles. The van der Waals surface area contributed by atoms with Crippen molar-refractivity contribution in [3.05, 3.63) is 95.1 Å². The molecule has 0 N–H and O–H groups in total. The molecule has 4 rings (SSSR count). The van der Waals surface area contributed by atoms with E-state index in [1.54, 1.807) is 0 Å². The third-order valence-corrected chi connectivity index (χ3v) is 4.75. The monoisotopic (exact) mass is 284 g/mol. The first-order chi connectivity index (χ1) is 10.8. The van der Waals surface area contributed by atoms with E-state index >= 15 is 0 Å². The van der Waals surface area contributed by atoms with E-state index in [2.05, 4.69) is 86.6 Å². The minimum atomic E-state index is 0.367. The lowest BCUT2D eigenvalue weighted by Gasteiger charge is -2.19. The first-order valence-corrected chi connectivity index (χ1v) is 8.04. The molecule has 1 atom stereocenters. The highest BCUT2D eigenvalue weighted by atomic mass is 14.3. The Morgan fingerprint density at radius 2 is 1.36 bits per heavy atom. The number of hydrogen-bond donors (Lipinski definition) is 0. The Hall–Kier alpha value is -2.34. The Bertz CT molecular complexity index is 812. The summed E-state index contributed by atoms with van der Waals surface area (Å²) in [7, 11) is 0. The molecular weight excluding hydrogens is 264 g/mol. The van der Waals surface area contributed by atoms with Crippen LogP contribution in [0.1, 0.15) is 47.9 Å². The van der Waals surface area contributed by atoms with Crippen LogP contribution in [0, 0.1) is 0 Å². The van der Waals surface area contributed by atoms with Crippen LogP contribution in [0.25, 0.3) is 11.1 Å². The maximum Gasteiger partial charge on any atom is 0.0355 e. The molecule has 22 heavy (non-hydrogen) atoms. The van der Waals surface area contributed by atoms with Crippen LogP contribution in [0.3, 0.4) is 0 Å². The lowest BCUT2D eigenvalue weighted by Crippen LogP contribution is -2.03. The second-order valence-electron chi connectivity index (χ2n) is 6.39. The SMILES string of the molecule is CC(C)c1cccc2c1C(c1ccccc1)c1ccccc1-2. The fourth-order valence-electron chi connectivity index (χ4n) is 3.78. The van der Waals surface area contributed by atoms with Gasteiger partial charge in [-0.15, -0.1) is 0 Å². The van der Waals surface area contributed by atoms with E-state index in [4.69, 9.17) is 0 Å². The Morgan fingerprint density at radius 1 is 0.682 bits per heavy atom. The van der Waals surface area contributed by atoms with Gasteiger partial charge in [0.05, 0.1) is 0 Å². The highest BCUT2D eigenvalue weighted by molar-refractivity contribution is 5.82. The zero-order valence-corrected chi connectivity index (χ0v) is 13.1. The Balaban J connectivity index is 2.04. The third kappa shape index (κ3) is 1.91. The smallest absolute Gasteiger partial charge is 0.0355 e. The van der Waals surface area contributed by atoms with Gasteiger partial charge in [0.25, 0.3) is 0 Å². The van der Waals surface area contributed by atoms with Crippen molar-refractivity contribution in [3.63, 3.8) is 0 Å². The highest BCUT2D eigenvalue weighted by Crippen LogP contribution is 2.50. The molecule has 0 nitrogen and oxygen atoms in total. The summed E-state index contributed by atoms with van der Waals surface area (Å²) >= 11 is 0. The van der Waals surface area contributed by atoms with E-state index in [9.17, 15) is 0 Å². The van der Waals surface area contributed by atoms with Crippen molar-refractivity contribution < 1.29 is 0 Å². The molecule has 0 saturated carbocycles. The van der Waals surface area contributed by atoms with E-state index < -0.39 is 0 Å². The molecule has 0 saturated heterocycles. The second-order valence-corrected chi connectivity index (χ2v) is 6.39. The second kappa shape index (κ2) is 5.14. The number of fused-ring (bicyclic) bond motifs is 3. The molecule has 0 fully saturated rings. The van der Waals surface area contributed by atoms with Gasteiger partial charge in [0.15, 0.2) is 0 Å². The van der Waals surface area contributed by atoms with Crippen LogP contribution in [0.2, 0.25) is 0 Å². The first-order valence-electron chi connectivity index (χ1n) is 8.04. The molecule has 1 aliphatic rings. The van der Waals surface area contributed by atoms with Crippen molar-refractivity contribution in [1.29, 1.82) is 0 Å². The van der Waals surface area contributed by atoms with Gasteiger partial charge in [-0.3, -0.25) is 0 Å². The van der Waals surface area contributed by atoms with Crippen LogP contribution < -0.4 is 0 Å². The fourth-order valence-corrected chi connectivity index (χ4v) is 3.78. The molecule has 3 aromatic rings. The predicted molar refractivity (Wildman–Crippen MR) is 93.4 cm³/mol. The van der Waals surface area contributed by atoms with Crippen LogP contribution >= 0.6 is 0 Å². The topological polar surface area (TPSA) is 0 Å².